The number of amides is 2. The summed E-state index contributed by atoms with van der Waals surface area (Å²) in [5, 5.41) is 3.13. The van der Waals surface area contributed by atoms with Crippen LogP contribution in [0.3, 0.4) is 0 Å². The first-order valence-electron chi connectivity index (χ1n) is 10.6. The lowest BCUT2D eigenvalue weighted by molar-refractivity contribution is -0.123. The number of nitrogens with zero attached hydrogens (tertiary/aromatic N) is 2. The van der Waals surface area contributed by atoms with Crippen molar-refractivity contribution < 1.29 is 14.0 Å². The lowest BCUT2D eigenvalue weighted by atomic mass is 10.0. The van der Waals surface area contributed by atoms with Crippen molar-refractivity contribution in [1.82, 2.24) is 9.69 Å². The smallest absolute Gasteiger partial charge is 0.280 e. The van der Waals surface area contributed by atoms with Crippen LogP contribution in [-0.2, 0) is 4.79 Å². The number of nitrogens with one attached hydrogen (secondary N) is 1. The predicted octanol–water partition coefficient (Wildman–Crippen LogP) is 6.34. The Bertz CT molecular complexity index is 1160. The number of carbonyl (C=O) groups is 2. The Morgan fingerprint density at radius 2 is 1.79 bits per heavy atom. The Kier molecular flexibility index (Phi) is 7.32. The average molecular weight is 506 g/mol. The number of aromatic nitrogens is 1. The van der Waals surface area contributed by atoms with Gasteiger partial charge in [0.1, 0.15) is 21.2 Å². The summed E-state index contributed by atoms with van der Waals surface area (Å²) in [6.07, 6.45) is 3.85. The van der Waals surface area contributed by atoms with E-state index in [1.54, 1.807) is 12.1 Å². The van der Waals surface area contributed by atoms with Crippen LogP contribution in [0.15, 0.2) is 48.5 Å². The highest BCUT2D eigenvalue weighted by atomic mass is 35.5. The average Bonchev–Trinajstić information content (AvgIpc) is 3.43. The molecule has 1 fully saturated rings. The number of aryl methyl sites for hydroxylation is 1. The summed E-state index contributed by atoms with van der Waals surface area (Å²) < 4.78 is 18.1. The first-order chi connectivity index (χ1) is 15.9. The molecule has 1 aromatic heterocycles. The number of hydrogen-bond acceptors (Lipinski definition) is 4. The van der Waals surface area contributed by atoms with Crippen LogP contribution >= 0.6 is 34.7 Å². The van der Waals surface area contributed by atoms with E-state index in [-0.39, 0.29) is 27.0 Å². The van der Waals surface area contributed by atoms with Crippen LogP contribution in [0.1, 0.15) is 53.3 Å². The van der Waals surface area contributed by atoms with Gasteiger partial charge in [-0.15, -0.1) is 0 Å². The molecule has 2 aromatic carbocycles. The number of benzene rings is 2. The Labute approximate surface area is 205 Å². The van der Waals surface area contributed by atoms with Gasteiger partial charge in [-0.1, -0.05) is 66.4 Å². The van der Waals surface area contributed by atoms with Crippen LogP contribution in [0, 0.1) is 12.7 Å². The van der Waals surface area contributed by atoms with Gasteiger partial charge < -0.3 is 5.32 Å². The van der Waals surface area contributed by atoms with Crippen LogP contribution in [0.5, 0.6) is 0 Å². The van der Waals surface area contributed by atoms with E-state index < -0.39 is 17.8 Å². The molecule has 33 heavy (non-hydrogen) atoms. The van der Waals surface area contributed by atoms with Crippen molar-refractivity contribution in [2.45, 2.75) is 44.7 Å². The highest BCUT2D eigenvalue weighted by Gasteiger charge is 2.37. The molecule has 0 spiro atoms. The molecule has 1 saturated carbocycles. The van der Waals surface area contributed by atoms with Crippen LogP contribution in [0.25, 0.3) is 0 Å². The van der Waals surface area contributed by atoms with E-state index in [0.29, 0.717) is 11.3 Å². The molecule has 0 aliphatic heterocycles. The van der Waals surface area contributed by atoms with Gasteiger partial charge in [-0.05, 0) is 60.6 Å². The third-order valence-corrected chi connectivity index (χ3v) is 7.40. The summed E-state index contributed by atoms with van der Waals surface area (Å²) in [5.41, 5.74) is 1.75. The van der Waals surface area contributed by atoms with E-state index in [9.17, 15) is 14.0 Å². The van der Waals surface area contributed by atoms with Crippen molar-refractivity contribution in [1.29, 1.82) is 0 Å². The molecule has 3 aromatic rings. The number of anilines is 1. The molecular weight excluding hydrogens is 484 g/mol. The van der Waals surface area contributed by atoms with E-state index in [4.69, 9.17) is 23.2 Å². The van der Waals surface area contributed by atoms with E-state index in [1.165, 1.54) is 29.2 Å². The first-order valence-corrected chi connectivity index (χ1v) is 12.2. The number of para-hydroxylation sites is 1. The molecule has 1 aliphatic rings. The van der Waals surface area contributed by atoms with Gasteiger partial charge in [0.15, 0.2) is 5.69 Å². The Morgan fingerprint density at radius 3 is 2.39 bits per heavy atom. The summed E-state index contributed by atoms with van der Waals surface area (Å²) in [6.45, 7) is 1.85. The Morgan fingerprint density at radius 1 is 1.12 bits per heavy atom. The zero-order valence-electron chi connectivity index (χ0n) is 17.9. The molecule has 4 rings (SSSR count). The van der Waals surface area contributed by atoms with E-state index in [2.05, 4.69) is 9.69 Å². The maximum atomic E-state index is 13.8. The van der Waals surface area contributed by atoms with E-state index >= 15 is 0 Å². The number of carbonyl (C=O) groups excluding carboxylic acids is 2. The Hall–Kier alpha value is -2.48. The second-order valence-corrected chi connectivity index (χ2v) is 9.78. The predicted molar refractivity (Wildman–Crippen MR) is 130 cm³/mol. The minimum atomic E-state index is -1.06. The third-order valence-electron chi connectivity index (χ3n) is 5.79. The lowest BCUT2D eigenvalue weighted by Gasteiger charge is -2.33. The molecule has 5 nitrogen and oxygen atoms in total. The Balaban J connectivity index is 1.85. The molecular formula is C24H22Cl2FN3O2S. The van der Waals surface area contributed by atoms with Crippen LogP contribution in [0.4, 0.5) is 10.1 Å². The van der Waals surface area contributed by atoms with Crippen LogP contribution in [0.2, 0.25) is 9.36 Å². The molecule has 1 heterocycles. The van der Waals surface area contributed by atoms with Gasteiger partial charge in [0.25, 0.3) is 5.91 Å². The number of rotatable bonds is 6. The van der Waals surface area contributed by atoms with Gasteiger partial charge in [0.2, 0.25) is 5.91 Å². The normalized spacial score (nSPS) is 14.8. The van der Waals surface area contributed by atoms with Crippen LogP contribution < -0.4 is 10.2 Å². The van der Waals surface area contributed by atoms with Crippen molar-refractivity contribution >= 4 is 52.2 Å². The minimum Gasteiger partial charge on any atom is -0.351 e. The molecule has 172 valence electrons. The van der Waals surface area contributed by atoms with E-state index in [0.717, 1.165) is 42.8 Å². The second kappa shape index (κ2) is 10.2. The molecule has 1 N–H and O–H groups in total. The minimum absolute atomic E-state index is 0.0318. The number of halogens is 3. The van der Waals surface area contributed by atoms with Crippen molar-refractivity contribution in [2.75, 3.05) is 4.90 Å². The molecule has 0 saturated heterocycles. The van der Waals surface area contributed by atoms with Crippen molar-refractivity contribution in [3.05, 3.63) is 80.5 Å². The lowest BCUT2D eigenvalue weighted by Crippen LogP contribution is -2.46. The van der Waals surface area contributed by atoms with Crippen molar-refractivity contribution in [2.24, 2.45) is 0 Å². The summed E-state index contributed by atoms with van der Waals surface area (Å²) in [4.78, 5) is 28.9. The number of hydrogen-bond donors (Lipinski definition) is 1. The maximum Gasteiger partial charge on any atom is 0.280 e. The third kappa shape index (κ3) is 5.05. The van der Waals surface area contributed by atoms with Crippen molar-refractivity contribution in [3.63, 3.8) is 0 Å². The fourth-order valence-electron chi connectivity index (χ4n) is 4.12. The molecule has 9 heteroatoms. The zero-order valence-corrected chi connectivity index (χ0v) is 20.2. The summed E-state index contributed by atoms with van der Waals surface area (Å²) in [5.74, 6) is -1.34. The van der Waals surface area contributed by atoms with Gasteiger partial charge in [0, 0.05) is 11.7 Å². The largest absolute Gasteiger partial charge is 0.351 e. The molecule has 1 aliphatic carbocycles. The van der Waals surface area contributed by atoms with E-state index in [1.807, 2.05) is 19.1 Å². The van der Waals surface area contributed by atoms with Gasteiger partial charge in [-0.3, -0.25) is 14.5 Å². The standard InChI is InChI=1S/C24H22Cl2FN3O2S/c1-14-6-2-5-9-18(14)30(24(32)20-19(25)22(26)33-29-20)21(15-10-12-16(27)13-11-15)23(31)28-17-7-3-4-8-17/h2,5-6,9-13,17,21H,3-4,7-8H2,1H3,(H,28,31). The highest BCUT2D eigenvalue weighted by Crippen LogP contribution is 2.36. The van der Waals surface area contributed by atoms with Gasteiger partial charge >= 0.3 is 0 Å². The quantitative estimate of drug-likeness (QED) is 0.424. The molecule has 0 bridgehead atoms. The zero-order chi connectivity index (χ0) is 23.5. The van der Waals surface area contributed by atoms with Gasteiger partial charge in [-0.25, -0.2) is 4.39 Å². The van der Waals surface area contributed by atoms with Crippen molar-refractivity contribution in [3.8, 4) is 0 Å². The molecule has 1 atom stereocenters. The second-order valence-electron chi connectivity index (χ2n) is 8.02. The maximum absolute atomic E-state index is 13.8. The monoisotopic (exact) mass is 505 g/mol. The fourth-order valence-corrected chi connectivity index (χ4v) is 5.11. The molecule has 1 unspecified atom stereocenters. The summed E-state index contributed by atoms with van der Waals surface area (Å²) in [6, 6.07) is 11.8. The van der Waals surface area contributed by atoms with Gasteiger partial charge in [0.05, 0.1) is 0 Å². The topological polar surface area (TPSA) is 62.3 Å². The first kappa shape index (κ1) is 23.7. The fraction of sp³-hybridized carbons (Fsp3) is 0.292. The summed E-state index contributed by atoms with van der Waals surface area (Å²) in [7, 11) is 0. The van der Waals surface area contributed by atoms with Gasteiger partial charge in [-0.2, -0.15) is 4.37 Å². The highest BCUT2D eigenvalue weighted by molar-refractivity contribution is 7.11. The SMILES string of the molecule is Cc1ccccc1N(C(=O)c1nsc(Cl)c1Cl)C(C(=O)NC1CCCC1)c1ccc(F)cc1. The molecule has 2 amide bonds. The van der Waals surface area contributed by atoms with Crippen LogP contribution in [-0.4, -0.2) is 22.2 Å². The summed E-state index contributed by atoms with van der Waals surface area (Å²) >= 11 is 13.3. The molecule has 0 radical (unpaired) electrons.